The summed E-state index contributed by atoms with van der Waals surface area (Å²) in [5, 5.41) is 238. The summed E-state index contributed by atoms with van der Waals surface area (Å²) >= 11 is 0. The number of fused-ring (bicyclic) bond motifs is 7. The highest BCUT2D eigenvalue weighted by Gasteiger charge is 2.65. The largest absolute Gasteiger partial charge is 0.494 e. The van der Waals surface area contributed by atoms with E-state index in [0.717, 1.165) is 31.4 Å². The molecule has 0 aromatic rings. The van der Waals surface area contributed by atoms with Crippen LogP contribution in [0.4, 0.5) is 0 Å². The predicted molar refractivity (Wildman–Crippen MR) is 342 cm³/mol. The Hall–Kier alpha value is -2.16. The van der Waals surface area contributed by atoms with Crippen molar-refractivity contribution >= 4 is 0 Å². The van der Waals surface area contributed by atoms with E-state index in [0.29, 0.717) is 49.9 Å². The Labute approximate surface area is 604 Å². The van der Waals surface area contributed by atoms with Gasteiger partial charge in [0, 0.05) is 24.9 Å². The van der Waals surface area contributed by atoms with Gasteiger partial charge in [-0.1, -0.05) is 25.5 Å². The topological polar surface area (TPSA) is 584 Å². The van der Waals surface area contributed by atoms with Gasteiger partial charge in [0.15, 0.2) is 44.0 Å². The number of rotatable bonds is 24. The Balaban J connectivity index is 0.695. The molecule has 10 fully saturated rings. The summed E-state index contributed by atoms with van der Waals surface area (Å²) in [5.74, 6) is 1.66. The molecule has 12 rings (SSSR count). The van der Waals surface area contributed by atoms with Gasteiger partial charge in [0.25, 0.3) is 0 Å². The van der Waals surface area contributed by atoms with Crippen molar-refractivity contribution in [2.45, 2.75) is 307 Å². The third kappa shape index (κ3) is 15.8. The van der Waals surface area contributed by atoms with Crippen molar-refractivity contribution in [3.05, 3.63) is 23.0 Å². The van der Waals surface area contributed by atoms with Gasteiger partial charge in [-0.15, -0.1) is 0 Å². The van der Waals surface area contributed by atoms with E-state index >= 15 is 0 Å². The molecular formula is C68H110O37. The van der Waals surface area contributed by atoms with E-state index < -0.39 is 255 Å². The fourth-order valence-electron chi connectivity index (χ4n) is 18.8. The second-order valence-electron chi connectivity index (χ2n) is 31.2. The lowest BCUT2D eigenvalue weighted by Gasteiger charge is -2.58. The van der Waals surface area contributed by atoms with E-state index in [4.69, 9.17) is 71.1 Å². The summed E-state index contributed by atoms with van der Waals surface area (Å²) in [6.07, 6.45) is -52.0. The van der Waals surface area contributed by atoms with Crippen LogP contribution >= 0.6 is 0 Å². The highest BCUT2D eigenvalue weighted by Crippen LogP contribution is 2.69. The zero-order valence-electron chi connectivity index (χ0n) is 58.7. The van der Waals surface area contributed by atoms with Crippen LogP contribution in [-0.2, 0) is 71.1 Å². The average Bonchev–Trinajstić information content (AvgIpc) is 1.56. The maximum Gasteiger partial charge on any atom is 0.187 e. The standard InChI is InChI=1S/C68H110O37/c1-23-32(8-5-25(15-69)21-91-60-48(84)45(81)41(77)34(16-70)96-60)95-33-14-30-28-7-6-26-13-27(9-11-67(26,3)29(28)10-12-68(30,4)39(23)33)94-66-59(105-62-49(85)44(80)40(76)24(2)93-62)52(88)57(38(20-74)100-66)103-65-54(90)58(43(79)36(18-72)98-65)104-64-51(87)47(83)56(37(19-73)99-64)102-61-53(89)55(31(75)22-92-61)101-63-50(86)46(82)42(78)35(17-71)97-63/h6,24-25,27-31,33-66,69-90H,5,7-22H2,1-4H3/t24-,25-,27-,28+,29-,30-,31+,33-,34+,35+,36+,37+,38+,39-,40-,41+,42+,43+,44+,45-,46-,47+,48+,49+,50+,51+,52-,53+,54+,55-,56+,57+,58-,59+,60+,61-,62-,63-,64-,65-,66+,67-,68-/m0/s1. The normalized spacial score (nSPS) is 52.6. The minimum Gasteiger partial charge on any atom is -0.494 e. The molecule has 37 heteroatoms. The van der Waals surface area contributed by atoms with Crippen LogP contribution in [0.15, 0.2) is 23.0 Å². The van der Waals surface area contributed by atoms with Crippen molar-refractivity contribution in [3.63, 3.8) is 0 Å². The van der Waals surface area contributed by atoms with E-state index in [2.05, 4.69) is 26.8 Å². The van der Waals surface area contributed by atoms with Gasteiger partial charge in [0.05, 0.1) is 64.2 Å². The van der Waals surface area contributed by atoms with Gasteiger partial charge in [-0.25, -0.2) is 0 Å². The Morgan fingerprint density at radius 3 is 1.61 bits per heavy atom. The van der Waals surface area contributed by atoms with Crippen LogP contribution in [0.3, 0.4) is 0 Å². The first-order valence-corrected chi connectivity index (χ1v) is 36.6. The molecule has 12 aliphatic rings. The van der Waals surface area contributed by atoms with Gasteiger partial charge >= 0.3 is 0 Å². The Morgan fingerprint density at radius 1 is 0.476 bits per heavy atom. The lowest BCUT2D eigenvalue weighted by molar-refractivity contribution is -0.399. The fourth-order valence-corrected chi connectivity index (χ4v) is 18.8. The van der Waals surface area contributed by atoms with Crippen molar-refractivity contribution in [1.82, 2.24) is 0 Å². The van der Waals surface area contributed by atoms with Crippen LogP contribution in [0, 0.1) is 40.4 Å². The van der Waals surface area contributed by atoms with Gasteiger partial charge in [-0.3, -0.25) is 0 Å². The molecule has 7 saturated heterocycles. The first kappa shape index (κ1) is 82.3. The van der Waals surface area contributed by atoms with Crippen LogP contribution < -0.4 is 0 Å². The highest BCUT2D eigenvalue weighted by atomic mass is 16.8. The zero-order valence-corrected chi connectivity index (χ0v) is 58.7. The molecule has 604 valence electrons. The van der Waals surface area contributed by atoms with Gasteiger partial charge < -0.3 is 183 Å². The summed E-state index contributed by atoms with van der Waals surface area (Å²) in [6.45, 7) is 3.02. The minimum atomic E-state index is -2.20. The molecule has 4 aliphatic carbocycles. The summed E-state index contributed by atoms with van der Waals surface area (Å²) in [4.78, 5) is 0. The molecule has 37 nitrogen and oxygen atoms in total. The Bertz CT molecular complexity index is 2880. The molecule has 0 aromatic carbocycles. The van der Waals surface area contributed by atoms with Crippen LogP contribution in [0.5, 0.6) is 0 Å². The quantitative estimate of drug-likeness (QED) is 0.0399. The smallest absolute Gasteiger partial charge is 0.187 e. The molecule has 22 N–H and O–H groups in total. The highest BCUT2D eigenvalue weighted by molar-refractivity contribution is 5.30. The summed E-state index contributed by atoms with van der Waals surface area (Å²) in [7, 11) is 0. The average molecular weight is 1520 g/mol. The fraction of sp³-hybridized carbons (Fsp3) is 0.941. The third-order valence-corrected chi connectivity index (χ3v) is 25.0. The SMILES string of the molecule is CC1=C(CC[C@@H](CO)CO[C@@H]2O[C@H](CO)[C@@H](O)[C@H](O)[C@H]2O)O[C@H]2C[C@H]3[C@@H]4CC=C5C[C@@H](O[C@@H]6O[C@H](CO)[C@@H](O[C@@H]7O[C@H](CO)[C@@H](O)[C@H](O[C@@H]8O[C@H](CO)[C@@H](O[C@@H]9OC[C@@H](O)[C@H](O[C@@H]%10O[C@H](CO)[C@@H](O)[C@H](O)[C@H]%10O)[C@H]9O)[C@H](O)[C@H]8O)[C@H]7O)[C@H](O)[C@H]6O[C@@H]6O[C@@H](C)[C@H](O)[C@@H](O)[C@H]6O)CC[C@]5(C)[C@H]4CC[C@]3(C)[C@@H]12. The molecule has 43 atom stereocenters. The molecule has 0 unspecified atom stereocenters. The number of hydrogen-bond donors (Lipinski definition) is 22. The maximum atomic E-state index is 12.6. The molecule has 0 bridgehead atoms. The minimum absolute atomic E-state index is 0.0218. The monoisotopic (exact) mass is 1520 g/mol. The van der Waals surface area contributed by atoms with Crippen molar-refractivity contribution < 1.29 is 183 Å². The number of ether oxygens (including phenoxy) is 15. The molecule has 0 radical (unpaired) electrons. The Kier molecular flexibility index (Phi) is 26.6. The number of allylic oxidation sites excluding steroid dienone is 2. The molecule has 3 saturated carbocycles. The molecule has 0 spiro atoms. The van der Waals surface area contributed by atoms with Crippen LogP contribution in [-0.4, -0.2) is 386 Å². The van der Waals surface area contributed by atoms with E-state index in [1.54, 1.807) is 0 Å². The van der Waals surface area contributed by atoms with E-state index in [1.807, 2.05) is 0 Å². The predicted octanol–water partition coefficient (Wildman–Crippen LogP) is -8.97. The lowest BCUT2D eigenvalue weighted by Crippen LogP contribution is -2.68. The van der Waals surface area contributed by atoms with Crippen LogP contribution in [0.2, 0.25) is 0 Å². The van der Waals surface area contributed by atoms with Crippen LogP contribution in [0.1, 0.15) is 85.5 Å². The zero-order chi connectivity index (χ0) is 75.7. The third-order valence-electron chi connectivity index (χ3n) is 25.0. The number of hydrogen-bond acceptors (Lipinski definition) is 37. The molecule has 105 heavy (non-hydrogen) atoms. The van der Waals surface area contributed by atoms with Gasteiger partial charge in [0.2, 0.25) is 0 Å². The first-order chi connectivity index (χ1) is 49.9. The summed E-state index contributed by atoms with van der Waals surface area (Å²) in [5.41, 5.74) is 2.05. The number of aliphatic hydroxyl groups is 22. The van der Waals surface area contributed by atoms with Gasteiger partial charge in [-0.2, -0.15) is 0 Å². The molecule has 0 amide bonds. The maximum absolute atomic E-state index is 12.6. The molecular weight excluding hydrogens is 1410 g/mol. The lowest BCUT2D eigenvalue weighted by atomic mass is 9.47. The molecule has 8 aliphatic heterocycles. The van der Waals surface area contributed by atoms with Crippen LogP contribution in [0.25, 0.3) is 0 Å². The van der Waals surface area contributed by atoms with Gasteiger partial charge in [0.1, 0.15) is 165 Å². The van der Waals surface area contributed by atoms with E-state index in [1.165, 1.54) is 18.1 Å². The summed E-state index contributed by atoms with van der Waals surface area (Å²) < 4.78 is 89.5. The van der Waals surface area contributed by atoms with Crippen molar-refractivity contribution in [1.29, 1.82) is 0 Å². The van der Waals surface area contributed by atoms with E-state index in [9.17, 15) is 112 Å². The first-order valence-electron chi connectivity index (χ1n) is 36.6. The van der Waals surface area contributed by atoms with Crippen molar-refractivity contribution in [2.24, 2.45) is 40.4 Å². The molecule has 0 aromatic heterocycles. The van der Waals surface area contributed by atoms with Crippen molar-refractivity contribution in [3.8, 4) is 0 Å². The second kappa shape index (κ2) is 33.9. The van der Waals surface area contributed by atoms with Gasteiger partial charge in [-0.05, 0) is 99.4 Å². The van der Waals surface area contributed by atoms with Crippen molar-refractivity contribution in [2.75, 3.05) is 52.9 Å². The second-order valence-corrected chi connectivity index (χ2v) is 31.2. The Morgan fingerprint density at radius 2 is 0.981 bits per heavy atom. The summed E-state index contributed by atoms with van der Waals surface area (Å²) in [6, 6.07) is 0. The van der Waals surface area contributed by atoms with E-state index in [-0.39, 0.29) is 42.0 Å². The number of aliphatic hydroxyl groups excluding tert-OH is 22. The molecule has 8 heterocycles.